The number of hydrogen-bond donors (Lipinski definition) is 18. The number of nitrogens with zero attached hydrogens (tertiary/aromatic N) is 2. The van der Waals surface area contributed by atoms with Crippen molar-refractivity contribution in [2.24, 2.45) is 4.99 Å². The molecule has 12 bridgehead atoms. The zero-order valence-electron chi connectivity index (χ0n) is 46.5. The van der Waals surface area contributed by atoms with Crippen LogP contribution in [0.25, 0.3) is 0 Å². The minimum atomic E-state index is -2.15. The van der Waals surface area contributed by atoms with Crippen LogP contribution in [0.3, 0.4) is 0 Å². The van der Waals surface area contributed by atoms with E-state index in [1.807, 2.05) is 5.40 Å². The molecular weight excluding hydrogens is 1260 g/mol. The molecule has 18 N–H and O–H groups in total. The van der Waals surface area contributed by atoms with Gasteiger partial charge in [-0.3, -0.25) is 8.42 Å². The van der Waals surface area contributed by atoms with Crippen molar-refractivity contribution in [1.29, 1.82) is 5.26 Å². The van der Waals surface area contributed by atoms with E-state index < -0.39 is 245 Å². The van der Waals surface area contributed by atoms with E-state index in [0.29, 0.717) is 0 Å². The quantitative estimate of drug-likeness (QED) is 0.0295. The monoisotopic (exact) mass is 1340 g/mol. The second kappa shape index (κ2) is 38.2. The highest BCUT2D eigenvalue weighted by atomic mass is 32.2. The summed E-state index contributed by atoms with van der Waals surface area (Å²) in [4.78, 5) is 3.73. The van der Waals surface area contributed by atoms with Gasteiger partial charge in [-0.05, 0) is 49.7 Å². The van der Waals surface area contributed by atoms with Gasteiger partial charge in [-0.15, -0.1) is 0 Å². The first kappa shape index (κ1) is 78.2. The molecule has 22 aliphatic rings. The molecule has 508 valence electrons. The first-order chi connectivity index (χ1) is 41.0. The number of hydrogen-bond acceptors (Lipinski definition) is 36. The topological polar surface area (TPSA) is 545 Å². The Labute approximate surface area is 514 Å². The van der Waals surface area contributed by atoms with E-state index in [1.165, 1.54) is 11.8 Å². The third-order valence-corrected chi connectivity index (χ3v) is 17.2. The second-order valence-corrected chi connectivity index (χ2v) is 24.9. The number of aliphatic hydroxyl groups excluding tert-OH is 18. The van der Waals surface area contributed by atoms with Gasteiger partial charge in [-0.1, -0.05) is 7.43 Å². The number of unbranched alkanes of at least 4 members (excludes halogenated alkanes) is 2. The summed E-state index contributed by atoms with van der Waals surface area (Å²) in [6.45, 7) is -5.27. The predicted octanol–water partition coefficient (Wildman–Crippen LogP) is -9.81. The van der Waals surface area contributed by atoms with Crippen LogP contribution in [0.4, 0.5) is 0 Å². The molecule has 0 amide bonds. The first-order valence-corrected chi connectivity index (χ1v) is 32.1. The minimum Gasteiger partial charge on any atom is -0.394 e. The Hall–Kier alpha value is -1.26. The number of nitriles is 1. The Bertz CT molecular complexity index is 1840. The fourth-order valence-corrected chi connectivity index (χ4v) is 11.7. The Balaban J connectivity index is 0.000000659. The van der Waals surface area contributed by atoms with Gasteiger partial charge < -0.3 is 149 Å². The number of rotatable bonds is 16. The molecule has 0 aliphatic carbocycles. The van der Waals surface area contributed by atoms with Gasteiger partial charge in [0.15, 0.2) is 37.7 Å². The minimum absolute atomic E-state index is 0. The molecule has 0 aromatic rings. The van der Waals surface area contributed by atoms with Crippen molar-refractivity contribution < 1.29 is 157 Å². The average molecular weight is 1340 g/mol. The highest BCUT2D eigenvalue weighted by Crippen LogP contribution is 2.38. The maximum Gasteiger partial charge on any atom is 0.187 e. The van der Waals surface area contributed by atoms with Gasteiger partial charge in [-0.2, -0.15) is 5.26 Å². The summed E-state index contributed by atoms with van der Waals surface area (Å²) < 4.78 is 88.9. The van der Waals surface area contributed by atoms with E-state index in [1.54, 1.807) is 12.5 Å². The molecule has 22 saturated heterocycles. The van der Waals surface area contributed by atoms with Crippen molar-refractivity contribution in [3.63, 3.8) is 0 Å². The predicted molar refractivity (Wildman–Crippen MR) is 297 cm³/mol. The number of aliphatic hydroxyl groups is 18. The number of thiocyanates is 1. The second-order valence-electron chi connectivity index (χ2n) is 20.7. The summed E-state index contributed by atoms with van der Waals surface area (Å²) in [6.07, 6.45) is -51.2. The van der Waals surface area contributed by atoms with Gasteiger partial charge in [-0.25, -0.2) is 4.99 Å². The van der Waals surface area contributed by atoms with Gasteiger partial charge in [0, 0.05) is 57.9 Å². The first-order valence-electron chi connectivity index (χ1n) is 27.3. The summed E-state index contributed by atoms with van der Waals surface area (Å²) in [7, 11) is -1.32. The van der Waals surface area contributed by atoms with Gasteiger partial charge in [0.25, 0.3) is 0 Å². The molecule has 22 aliphatic heterocycles. The van der Waals surface area contributed by atoms with E-state index in [2.05, 4.69) is 22.4 Å². The molecule has 0 saturated carbocycles. The lowest BCUT2D eigenvalue weighted by molar-refractivity contribution is -0.404. The van der Waals surface area contributed by atoms with Gasteiger partial charge in [0.05, 0.1) is 44.8 Å². The third-order valence-electron chi connectivity index (χ3n) is 14.7. The van der Waals surface area contributed by atoms with Crippen molar-refractivity contribution in [1.82, 2.24) is 0 Å². The van der Waals surface area contributed by atoms with E-state index in [4.69, 9.17) is 62.1 Å². The van der Waals surface area contributed by atoms with Crippen LogP contribution in [0.1, 0.15) is 33.1 Å². The SMILES string of the molecule is C.CS(=O)CCCCN=C=S.CS(=O)CCCCSC#N.OC[C@H]1OC2OC3[C@@H](CO)OC(O[C@H]4[C@H](O)[C@@H](O)C(O[C@H]5[C@H](O)[C@@H](O)C(O[C@H]6[C@H](O)[C@@H](O)C(O[C@H]7[C@H](O)[C@@H](O)C(OC1[C@H](O)[C@H]2O)O[C@@H]7CO)O[C@@H]6CO)O[C@@H]5CO)O[C@@H]4CO)[C@H](O)[C@H]3O. The van der Waals surface area contributed by atoms with E-state index in [0.717, 1.165) is 49.5 Å². The number of isothiocyanates is 1. The van der Waals surface area contributed by atoms with Crippen molar-refractivity contribution in [2.75, 3.05) is 76.0 Å². The van der Waals surface area contributed by atoms with Crippen LogP contribution >= 0.6 is 24.0 Å². The number of thioether (sulfide) groups is 1. The molecule has 0 radical (unpaired) electrons. The van der Waals surface area contributed by atoms with Crippen molar-refractivity contribution in [3.05, 3.63) is 0 Å². The Morgan fingerprint density at radius 3 is 0.793 bits per heavy atom. The van der Waals surface area contributed by atoms with E-state index in [-0.39, 0.29) is 7.43 Å². The smallest absolute Gasteiger partial charge is 0.187 e. The third kappa shape index (κ3) is 20.4. The molecule has 22 fully saturated rings. The zero-order valence-corrected chi connectivity index (χ0v) is 49.8. The fourth-order valence-electron chi connectivity index (χ4n) is 9.99. The van der Waals surface area contributed by atoms with E-state index >= 15 is 0 Å². The van der Waals surface area contributed by atoms with Crippen LogP contribution in [0.2, 0.25) is 0 Å². The fraction of sp³-hybridized carbons (Fsp3) is 0.959. The van der Waals surface area contributed by atoms with Crippen LogP contribution in [0.15, 0.2) is 4.99 Å². The normalized spacial score (nSPS) is 44.8. The molecule has 34 nitrogen and oxygen atoms in total. The summed E-state index contributed by atoms with van der Waals surface area (Å²) in [5.74, 6) is 2.41. The Morgan fingerprint density at radius 2 is 0.609 bits per heavy atom. The molecule has 0 aromatic carbocycles. The van der Waals surface area contributed by atoms with Crippen LogP contribution in [0.5, 0.6) is 0 Å². The molecule has 0 aromatic heterocycles. The van der Waals surface area contributed by atoms with E-state index in [9.17, 15) is 100 Å². The highest BCUT2D eigenvalue weighted by Gasteiger charge is 2.58. The van der Waals surface area contributed by atoms with Crippen LogP contribution in [-0.2, 0) is 78.4 Å². The molecule has 87 heavy (non-hydrogen) atoms. The standard InChI is InChI=1S/C36H60O30.2C6H11NOS2.CH4/c37-1-7-25-13(43)19(49)31(55-7)62-26-8(2-38)57-33(21(51)15(26)45)64-28-10(4-40)59-35(23(53)17(28)47)66-30-12(6-42)60-36(24(54)18(30)48)65-29-11(5-41)58-34(22(52)16(29)46)63-27-9(3-39)56-32(61-25)20(50)14(27)44;1-10(8)5-3-2-4-9-6-7;1-10(8)5-3-2-4-7-6-9;/h7-54H,1-6H2;2*2-5H2,1H3;1H4/t7-,8-,9-,10-,11-,12-,13-,14-,15-,16-,17-,18-,19-,20-,21-,22-,23-,24-,25-,26-,27-,28-,29?,30?,31?,32?,33?,34?,35?,36?;;;/m1.../s1. The highest BCUT2D eigenvalue weighted by molar-refractivity contribution is 8.03. The maximum atomic E-state index is 11.2. The average Bonchev–Trinajstić information content (AvgIpc) is 1.42. The Morgan fingerprint density at radius 1 is 0.391 bits per heavy atom. The molecular formula is C49H86N2O32S4. The Kier molecular flexibility index (Phi) is 34.3. The van der Waals surface area contributed by atoms with Crippen molar-refractivity contribution in [2.45, 2.75) is 217 Å². The lowest BCUT2D eigenvalue weighted by Gasteiger charge is -2.50. The molecule has 32 atom stereocenters. The summed E-state index contributed by atoms with van der Waals surface area (Å²) in [5.41, 5.74) is 0. The number of ether oxygens (including phenoxy) is 12. The molecule has 38 heteroatoms. The zero-order chi connectivity index (χ0) is 63.7. The largest absolute Gasteiger partial charge is 0.394 e. The van der Waals surface area contributed by atoms with Gasteiger partial charge in [0.2, 0.25) is 0 Å². The summed E-state index contributed by atoms with van der Waals surface area (Å²) >= 11 is 5.64. The molecule has 22 heterocycles. The maximum absolute atomic E-state index is 11.2. The summed E-state index contributed by atoms with van der Waals surface area (Å²) in [6, 6.07) is 0. The number of thiocarbonyl (C=S) groups is 1. The van der Waals surface area contributed by atoms with Crippen LogP contribution in [0, 0.1) is 10.7 Å². The lowest BCUT2D eigenvalue weighted by Crippen LogP contribution is -2.69. The molecule has 0 spiro atoms. The summed E-state index contributed by atoms with van der Waals surface area (Å²) in [5, 5.41) is 208. The van der Waals surface area contributed by atoms with Gasteiger partial charge >= 0.3 is 0 Å². The molecule has 22 rings (SSSR count). The van der Waals surface area contributed by atoms with Crippen molar-refractivity contribution in [3.8, 4) is 5.40 Å². The van der Waals surface area contributed by atoms with Crippen LogP contribution in [-0.4, -0.2) is 366 Å². The van der Waals surface area contributed by atoms with Gasteiger partial charge in [0.1, 0.15) is 152 Å². The van der Waals surface area contributed by atoms with Crippen molar-refractivity contribution >= 4 is 50.7 Å². The lowest BCUT2D eigenvalue weighted by atomic mass is 9.94. The van der Waals surface area contributed by atoms with Crippen LogP contribution < -0.4 is 0 Å². The molecule has 10 unspecified atom stereocenters. The number of aliphatic imine (C=N–C) groups is 1.